The van der Waals surface area contributed by atoms with Gasteiger partial charge in [0.25, 0.3) is 0 Å². The van der Waals surface area contributed by atoms with Crippen LogP contribution in [0.25, 0.3) is 0 Å². The van der Waals surface area contributed by atoms with Gasteiger partial charge in [-0.3, -0.25) is 10.4 Å². The Morgan fingerprint density at radius 3 is 2.30 bits per heavy atom. The van der Waals surface area contributed by atoms with Crippen molar-refractivity contribution < 1.29 is 0 Å². The van der Waals surface area contributed by atoms with Gasteiger partial charge in [-0.1, -0.05) is 90.5 Å². The van der Waals surface area contributed by atoms with Crippen molar-refractivity contribution in [2.45, 2.75) is 12.5 Å². The lowest BCUT2D eigenvalue weighted by Crippen LogP contribution is -2.18. The molecule has 1 unspecified atom stereocenters. The lowest BCUT2D eigenvalue weighted by Gasteiger charge is -2.24. The van der Waals surface area contributed by atoms with Crippen LogP contribution in [0.3, 0.4) is 0 Å². The summed E-state index contributed by atoms with van der Waals surface area (Å²) >= 11 is 6.02. The Morgan fingerprint density at radius 1 is 0.848 bits per heavy atom. The smallest absolute Gasteiger partial charge is 0.0831 e. The first kappa shape index (κ1) is 21.0. The van der Waals surface area contributed by atoms with Gasteiger partial charge < -0.3 is 0 Å². The first-order valence-corrected chi connectivity index (χ1v) is 11.3. The van der Waals surface area contributed by atoms with Gasteiger partial charge in [0.1, 0.15) is 0 Å². The van der Waals surface area contributed by atoms with Crippen LogP contribution in [0.2, 0.25) is 5.02 Å². The lowest BCUT2D eigenvalue weighted by atomic mass is 9.98. The maximum atomic E-state index is 6.02. The van der Waals surface area contributed by atoms with Gasteiger partial charge in [-0.15, -0.1) is 0 Å². The van der Waals surface area contributed by atoms with E-state index >= 15 is 0 Å². The van der Waals surface area contributed by atoms with E-state index in [-0.39, 0.29) is 6.04 Å². The Bertz CT molecular complexity index is 1270. The van der Waals surface area contributed by atoms with Gasteiger partial charge >= 0.3 is 0 Å². The van der Waals surface area contributed by atoms with Gasteiger partial charge in [-0.05, 0) is 47.0 Å². The molecule has 0 spiro atoms. The van der Waals surface area contributed by atoms with Crippen LogP contribution in [0.4, 0.5) is 11.4 Å². The maximum Gasteiger partial charge on any atom is 0.0831 e. The zero-order valence-corrected chi connectivity index (χ0v) is 18.7. The molecule has 0 saturated carbocycles. The molecule has 4 aromatic carbocycles. The summed E-state index contributed by atoms with van der Waals surface area (Å²) in [6, 6.07) is 36.9. The monoisotopic (exact) mass is 450 g/mol. The highest BCUT2D eigenvalue weighted by atomic mass is 35.5. The molecular formula is C28H23ClN4. The molecule has 0 amide bonds. The van der Waals surface area contributed by atoms with E-state index in [0.29, 0.717) is 5.02 Å². The van der Waals surface area contributed by atoms with Crippen LogP contribution in [0, 0.1) is 0 Å². The summed E-state index contributed by atoms with van der Waals surface area (Å²) < 4.78 is 0. The number of hydrazone groups is 2. The number of halogens is 1. The molecule has 0 fully saturated rings. The van der Waals surface area contributed by atoms with E-state index in [1.807, 2.05) is 36.4 Å². The van der Waals surface area contributed by atoms with E-state index in [2.05, 4.69) is 88.3 Å². The molecule has 1 aliphatic heterocycles. The molecule has 1 heterocycles. The van der Waals surface area contributed by atoms with E-state index in [0.717, 1.165) is 34.6 Å². The summed E-state index contributed by atoms with van der Waals surface area (Å²) in [5, 5.41) is 12.1. The first-order chi connectivity index (χ1) is 16.3. The molecule has 0 bridgehead atoms. The number of nitrogens with one attached hydrogen (secondary N) is 1. The fraction of sp³-hybridized carbons (Fsp3) is 0.0714. The van der Waals surface area contributed by atoms with Crippen molar-refractivity contribution >= 4 is 34.9 Å². The molecule has 1 aliphatic rings. The fourth-order valence-corrected chi connectivity index (χ4v) is 4.13. The second kappa shape index (κ2) is 9.72. The summed E-state index contributed by atoms with van der Waals surface area (Å²) in [5.41, 5.74) is 9.42. The summed E-state index contributed by atoms with van der Waals surface area (Å²) in [4.78, 5) is 0. The zero-order chi connectivity index (χ0) is 22.5. The molecule has 0 saturated heterocycles. The van der Waals surface area contributed by atoms with Crippen molar-refractivity contribution in [3.05, 3.63) is 131 Å². The molecule has 1 atom stereocenters. The van der Waals surface area contributed by atoms with Crippen molar-refractivity contribution in [3.63, 3.8) is 0 Å². The van der Waals surface area contributed by atoms with E-state index in [1.165, 1.54) is 5.56 Å². The van der Waals surface area contributed by atoms with E-state index in [9.17, 15) is 0 Å². The molecule has 162 valence electrons. The third-order valence-electron chi connectivity index (χ3n) is 5.59. The number of anilines is 2. The largest absolute Gasteiger partial charge is 0.278 e. The molecule has 4 aromatic rings. The second-order valence-corrected chi connectivity index (χ2v) is 8.30. The molecule has 5 rings (SSSR count). The number of hydrogen-bond acceptors (Lipinski definition) is 4. The average Bonchev–Trinajstić information content (AvgIpc) is 3.31. The summed E-state index contributed by atoms with van der Waals surface area (Å²) in [6.45, 7) is 0. The van der Waals surface area contributed by atoms with Gasteiger partial charge in [-0.2, -0.15) is 10.2 Å². The van der Waals surface area contributed by atoms with Crippen LogP contribution in [0.15, 0.2) is 119 Å². The van der Waals surface area contributed by atoms with Gasteiger partial charge in [-0.25, -0.2) is 0 Å². The second-order valence-electron chi connectivity index (χ2n) is 7.86. The Kier molecular flexibility index (Phi) is 6.18. The highest BCUT2D eigenvalue weighted by molar-refractivity contribution is 6.30. The van der Waals surface area contributed by atoms with Crippen molar-refractivity contribution in [1.82, 2.24) is 0 Å². The highest BCUT2D eigenvalue weighted by Gasteiger charge is 2.29. The van der Waals surface area contributed by atoms with E-state index < -0.39 is 0 Å². The molecule has 33 heavy (non-hydrogen) atoms. The molecular weight excluding hydrogens is 428 g/mol. The summed E-state index contributed by atoms with van der Waals surface area (Å²) in [5.74, 6) is 0. The standard InChI is InChI=1S/C28H23ClN4/c29-24-12-7-13-25(18-24)31-30-20-21-14-16-26(17-15-21)33-28(23-10-5-2-6-11-23)19-27(32-33)22-8-3-1-4-9-22/h1-18,20,28,31H,19H2. The third kappa shape index (κ3) is 4.97. The van der Waals surface area contributed by atoms with Crippen molar-refractivity contribution in [3.8, 4) is 0 Å². The van der Waals surface area contributed by atoms with E-state index in [4.69, 9.17) is 16.7 Å². The minimum Gasteiger partial charge on any atom is -0.278 e. The molecule has 5 heteroatoms. The van der Waals surface area contributed by atoms with Gasteiger partial charge in [0, 0.05) is 11.4 Å². The van der Waals surface area contributed by atoms with Crippen LogP contribution in [0.1, 0.15) is 29.2 Å². The Balaban J connectivity index is 1.37. The lowest BCUT2D eigenvalue weighted by molar-refractivity contribution is 0.709. The quantitative estimate of drug-likeness (QED) is 0.250. The Hall–Kier alpha value is -3.89. The SMILES string of the molecule is Clc1cccc(NN=Cc2ccc(N3N=C(c4ccccc4)CC3c3ccccc3)cc2)c1. The van der Waals surface area contributed by atoms with Crippen LogP contribution >= 0.6 is 11.6 Å². The van der Waals surface area contributed by atoms with Gasteiger partial charge in [0.15, 0.2) is 0 Å². The minimum absolute atomic E-state index is 0.158. The van der Waals surface area contributed by atoms with Crippen LogP contribution < -0.4 is 10.4 Å². The van der Waals surface area contributed by atoms with Gasteiger partial charge in [0.2, 0.25) is 0 Å². The molecule has 4 nitrogen and oxygen atoms in total. The average molecular weight is 451 g/mol. The summed E-state index contributed by atoms with van der Waals surface area (Å²) in [6.07, 6.45) is 2.66. The number of benzene rings is 4. The maximum absolute atomic E-state index is 6.02. The normalized spacial score (nSPS) is 15.6. The molecule has 0 aliphatic carbocycles. The third-order valence-corrected chi connectivity index (χ3v) is 5.83. The number of hydrogen-bond donors (Lipinski definition) is 1. The van der Waals surface area contributed by atoms with Crippen molar-refractivity contribution in [2.75, 3.05) is 10.4 Å². The fourth-order valence-electron chi connectivity index (χ4n) is 3.94. The van der Waals surface area contributed by atoms with Crippen LogP contribution in [-0.4, -0.2) is 11.9 Å². The Morgan fingerprint density at radius 2 is 1.58 bits per heavy atom. The minimum atomic E-state index is 0.158. The number of nitrogens with zero attached hydrogens (tertiary/aromatic N) is 3. The number of rotatable bonds is 6. The Labute approximate surface area is 198 Å². The van der Waals surface area contributed by atoms with Crippen molar-refractivity contribution in [2.24, 2.45) is 10.2 Å². The predicted molar refractivity (Wildman–Crippen MR) is 138 cm³/mol. The highest BCUT2D eigenvalue weighted by Crippen LogP contribution is 2.36. The summed E-state index contributed by atoms with van der Waals surface area (Å²) in [7, 11) is 0. The molecule has 0 aromatic heterocycles. The zero-order valence-electron chi connectivity index (χ0n) is 18.0. The molecule has 1 N–H and O–H groups in total. The van der Waals surface area contributed by atoms with Gasteiger partial charge in [0.05, 0.1) is 29.3 Å². The van der Waals surface area contributed by atoms with Crippen molar-refractivity contribution in [1.29, 1.82) is 0 Å². The predicted octanol–water partition coefficient (Wildman–Crippen LogP) is 7.14. The topological polar surface area (TPSA) is 40.0 Å². The van der Waals surface area contributed by atoms with Crippen LogP contribution in [0.5, 0.6) is 0 Å². The van der Waals surface area contributed by atoms with E-state index in [1.54, 1.807) is 6.21 Å². The van der Waals surface area contributed by atoms with Crippen LogP contribution in [-0.2, 0) is 0 Å². The first-order valence-electron chi connectivity index (χ1n) is 10.9. The molecule has 0 radical (unpaired) electrons.